The second-order valence-electron chi connectivity index (χ2n) is 5.58. The predicted molar refractivity (Wildman–Crippen MR) is 77.4 cm³/mol. The molecule has 1 N–H and O–H groups in total. The molecule has 1 aliphatic rings. The Morgan fingerprint density at radius 3 is 2.75 bits per heavy atom. The number of hydrogen-bond donors (Lipinski definition) is 1. The Hall–Kier alpha value is -1.39. The third-order valence-electron chi connectivity index (χ3n) is 4.07. The molecule has 0 saturated carbocycles. The molecule has 0 radical (unpaired) electrons. The number of likely N-dealkylation sites (tertiary alicyclic amines) is 1. The maximum absolute atomic E-state index is 12.0. The molecule has 0 bridgehead atoms. The van der Waals surface area contributed by atoms with Crippen molar-refractivity contribution in [2.45, 2.75) is 25.4 Å². The minimum atomic E-state index is -0.261. The number of aliphatic hydroxyl groups is 1. The van der Waals surface area contributed by atoms with Gasteiger partial charge < -0.3 is 14.7 Å². The average Bonchev–Trinajstić information content (AvgIpc) is 2.48. The Morgan fingerprint density at radius 1 is 1.45 bits per heavy atom. The fourth-order valence-corrected chi connectivity index (χ4v) is 2.79. The predicted octanol–water partition coefficient (Wildman–Crippen LogP) is 1.65. The molecule has 0 aliphatic carbocycles. The van der Waals surface area contributed by atoms with Gasteiger partial charge in [0.25, 0.3) is 0 Å². The first-order valence-corrected chi connectivity index (χ1v) is 7.15. The topological polar surface area (TPSA) is 49.8 Å². The van der Waals surface area contributed by atoms with Gasteiger partial charge in [0.15, 0.2) is 0 Å². The zero-order valence-electron chi connectivity index (χ0n) is 12.2. The lowest BCUT2D eigenvalue weighted by Crippen LogP contribution is -2.44. The van der Waals surface area contributed by atoms with Gasteiger partial charge in [0.2, 0.25) is 0 Å². The summed E-state index contributed by atoms with van der Waals surface area (Å²) in [4.78, 5) is 14.3. The summed E-state index contributed by atoms with van der Waals surface area (Å²) in [6.45, 7) is 4.34. The summed E-state index contributed by atoms with van der Waals surface area (Å²) in [6, 6.07) is 9.74. The molecule has 4 heteroatoms. The van der Waals surface area contributed by atoms with Crippen LogP contribution in [0.5, 0.6) is 0 Å². The number of rotatable bonds is 4. The number of esters is 1. The monoisotopic (exact) mass is 277 g/mol. The van der Waals surface area contributed by atoms with Gasteiger partial charge in [0.05, 0.1) is 19.1 Å². The van der Waals surface area contributed by atoms with Crippen LogP contribution in [0, 0.1) is 5.92 Å². The highest BCUT2D eigenvalue weighted by atomic mass is 16.5. The third kappa shape index (κ3) is 3.58. The van der Waals surface area contributed by atoms with Gasteiger partial charge in [-0.2, -0.15) is 0 Å². The van der Waals surface area contributed by atoms with Gasteiger partial charge in [-0.1, -0.05) is 37.3 Å². The first kappa shape index (κ1) is 15.0. The fourth-order valence-electron chi connectivity index (χ4n) is 2.79. The molecule has 3 unspecified atom stereocenters. The van der Waals surface area contributed by atoms with Gasteiger partial charge in [0.1, 0.15) is 0 Å². The molecule has 1 fully saturated rings. The minimum absolute atomic E-state index is 0.199. The van der Waals surface area contributed by atoms with Crippen molar-refractivity contribution in [1.82, 2.24) is 4.90 Å². The van der Waals surface area contributed by atoms with E-state index in [-0.39, 0.29) is 23.9 Å². The Balaban J connectivity index is 2.07. The van der Waals surface area contributed by atoms with Crippen LogP contribution < -0.4 is 0 Å². The molecule has 3 atom stereocenters. The van der Waals surface area contributed by atoms with Crippen molar-refractivity contribution in [3.05, 3.63) is 35.9 Å². The molecule has 0 aromatic heterocycles. The van der Waals surface area contributed by atoms with Gasteiger partial charge >= 0.3 is 5.97 Å². The molecule has 1 aliphatic heterocycles. The molecule has 1 heterocycles. The molecule has 110 valence electrons. The van der Waals surface area contributed by atoms with Crippen molar-refractivity contribution in [3.63, 3.8) is 0 Å². The van der Waals surface area contributed by atoms with Crippen LogP contribution in [-0.4, -0.2) is 48.8 Å². The lowest BCUT2D eigenvalue weighted by molar-refractivity contribution is -0.143. The van der Waals surface area contributed by atoms with E-state index >= 15 is 0 Å². The molecule has 1 aromatic carbocycles. The largest absolute Gasteiger partial charge is 0.469 e. The van der Waals surface area contributed by atoms with Crippen LogP contribution in [0.25, 0.3) is 0 Å². The van der Waals surface area contributed by atoms with Crippen molar-refractivity contribution in [1.29, 1.82) is 0 Å². The zero-order chi connectivity index (χ0) is 14.5. The Kier molecular flexibility index (Phi) is 5.15. The Bertz CT molecular complexity index is 435. The highest BCUT2D eigenvalue weighted by molar-refractivity contribution is 5.78. The number of piperidine rings is 1. The summed E-state index contributed by atoms with van der Waals surface area (Å²) >= 11 is 0. The van der Waals surface area contributed by atoms with Crippen molar-refractivity contribution < 1.29 is 14.6 Å². The second-order valence-corrected chi connectivity index (χ2v) is 5.58. The van der Waals surface area contributed by atoms with Crippen LogP contribution in [0.2, 0.25) is 0 Å². The highest BCUT2D eigenvalue weighted by Crippen LogP contribution is 2.23. The van der Waals surface area contributed by atoms with E-state index in [0.29, 0.717) is 6.54 Å². The van der Waals surface area contributed by atoms with Gasteiger partial charge in [-0.3, -0.25) is 4.79 Å². The Morgan fingerprint density at radius 2 is 2.15 bits per heavy atom. The quantitative estimate of drug-likeness (QED) is 0.850. The van der Waals surface area contributed by atoms with Crippen molar-refractivity contribution in [2.75, 3.05) is 26.7 Å². The molecular weight excluding hydrogens is 254 g/mol. The van der Waals surface area contributed by atoms with Gasteiger partial charge in [-0.15, -0.1) is 0 Å². The molecule has 20 heavy (non-hydrogen) atoms. The maximum atomic E-state index is 12.0. The first-order valence-electron chi connectivity index (χ1n) is 7.15. The summed E-state index contributed by atoms with van der Waals surface area (Å²) < 4.78 is 4.94. The van der Waals surface area contributed by atoms with E-state index in [1.807, 2.05) is 37.3 Å². The third-order valence-corrected chi connectivity index (χ3v) is 4.07. The van der Waals surface area contributed by atoms with Crippen LogP contribution in [0.1, 0.15) is 24.8 Å². The van der Waals surface area contributed by atoms with Gasteiger partial charge in [-0.05, 0) is 17.9 Å². The van der Waals surface area contributed by atoms with Crippen molar-refractivity contribution >= 4 is 5.97 Å². The first-order chi connectivity index (χ1) is 9.61. The van der Waals surface area contributed by atoms with Crippen LogP contribution in [0.3, 0.4) is 0 Å². The van der Waals surface area contributed by atoms with E-state index in [0.717, 1.165) is 25.1 Å². The molecule has 0 spiro atoms. The standard InChI is InChI=1S/C16H23NO3/c1-12-10-17(9-8-15(12)18)11-14(16(19)20-2)13-6-4-3-5-7-13/h3-7,12,14-15,18H,8-11H2,1-2H3. The molecule has 0 amide bonds. The van der Waals surface area contributed by atoms with E-state index in [1.165, 1.54) is 7.11 Å². The molecule has 1 saturated heterocycles. The lowest BCUT2D eigenvalue weighted by Gasteiger charge is -2.35. The van der Waals surface area contributed by atoms with Crippen molar-refractivity contribution in [2.24, 2.45) is 5.92 Å². The van der Waals surface area contributed by atoms with Crippen molar-refractivity contribution in [3.8, 4) is 0 Å². The van der Waals surface area contributed by atoms with E-state index < -0.39 is 0 Å². The summed E-state index contributed by atoms with van der Waals surface area (Å²) in [5.74, 6) is -0.212. The number of ether oxygens (including phenoxy) is 1. The minimum Gasteiger partial charge on any atom is -0.469 e. The van der Waals surface area contributed by atoms with E-state index in [9.17, 15) is 9.90 Å². The molecular formula is C16H23NO3. The number of benzene rings is 1. The van der Waals surface area contributed by atoms with Crippen LogP contribution >= 0.6 is 0 Å². The smallest absolute Gasteiger partial charge is 0.314 e. The zero-order valence-corrected chi connectivity index (χ0v) is 12.2. The fraction of sp³-hybridized carbons (Fsp3) is 0.562. The summed E-state index contributed by atoms with van der Waals surface area (Å²) in [5.41, 5.74) is 0.984. The summed E-state index contributed by atoms with van der Waals surface area (Å²) in [7, 11) is 1.43. The normalized spacial score (nSPS) is 25.1. The number of hydrogen-bond acceptors (Lipinski definition) is 4. The number of nitrogens with zero attached hydrogens (tertiary/aromatic N) is 1. The van der Waals surface area contributed by atoms with Crippen LogP contribution in [0.15, 0.2) is 30.3 Å². The van der Waals surface area contributed by atoms with E-state index in [1.54, 1.807) is 0 Å². The highest BCUT2D eigenvalue weighted by Gasteiger charge is 2.29. The average molecular weight is 277 g/mol. The van der Waals surface area contributed by atoms with E-state index in [4.69, 9.17) is 4.74 Å². The number of carbonyl (C=O) groups is 1. The molecule has 1 aromatic rings. The Labute approximate surface area is 120 Å². The van der Waals surface area contributed by atoms with Crippen LogP contribution in [0.4, 0.5) is 0 Å². The number of carbonyl (C=O) groups excluding carboxylic acids is 1. The van der Waals surface area contributed by atoms with Gasteiger partial charge in [0, 0.05) is 19.6 Å². The maximum Gasteiger partial charge on any atom is 0.314 e. The van der Waals surface area contributed by atoms with Gasteiger partial charge in [-0.25, -0.2) is 0 Å². The molecule has 4 nitrogen and oxygen atoms in total. The number of aliphatic hydroxyl groups excluding tert-OH is 1. The SMILES string of the molecule is COC(=O)C(CN1CCC(O)C(C)C1)c1ccccc1. The van der Waals surface area contributed by atoms with E-state index in [2.05, 4.69) is 4.90 Å². The van der Waals surface area contributed by atoms with Crippen LogP contribution in [-0.2, 0) is 9.53 Å². The second kappa shape index (κ2) is 6.86. The number of methoxy groups -OCH3 is 1. The lowest BCUT2D eigenvalue weighted by atomic mass is 9.93. The molecule has 2 rings (SSSR count). The summed E-state index contributed by atoms with van der Waals surface area (Å²) in [6.07, 6.45) is 0.545. The summed E-state index contributed by atoms with van der Waals surface area (Å²) in [5, 5.41) is 9.78.